The zero-order chi connectivity index (χ0) is 14.0. The summed E-state index contributed by atoms with van der Waals surface area (Å²) in [6.07, 6.45) is 1.40. The quantitative estimate of drug-likeness (QED) is 0.930. The molecule has 0 fully saturated rings. The molecule has 2 heterocycles. The fourth-order valence-corrected chi connectivity index (χ4v) is 2.44. The summed E-state index contributed by atoms with van der Waals surface area (Å²) < 4.78 is 0. The largest absolute Gasteiger partial charge is 0.478 e. The lowest BCUT2D eigenvalue weighted by Gasteiger charge is -2.20. The summed E-state index contributed by atoms with van der Waals surface area (Å²) in [5.74, 6) is -0.969. The topological polar surface area (TPSA) is 66.3 Å². The molecular weight excluding hydrogens is 262 g/mol. The molecular formula is C13H15N3O2S. The smallest absolute Gasteiger partial charge is 0.339 e. The highest BCUT2D eigenvalue weighted by Crippen LogP contribution is 2.22. The number of anilines is 1. The molecule has 19 heavy (non-hydrogen) atoms. The fraction of sp³-hybridized carbons (Fsp3) is 0.308. The number of hydrogen-bond acceptors (Lipinski definition) is 5. The summed E-state index contributed by atoms with van der Waals surface area (Å²) in [6, 6.07) is 1.78. The summed E-state index contributed by atoms with van der Waals surface area (Å²) in [6.45, 7) is 4.37. The van der Waals surface area contributed by atoms with Crippen LogP contribution in [0.2, 0.25) is 0 Å². The molecule has 6 heteroatoms. The number of aromatic carboxylic acids is 1. The Morgan fingerprint density at radius 1 is 1.47 bits per heavy atom. The van der Waals surface area contributed by atoms with E-state index in [0.29, 0.717) is 12.2 Å². The van der Waals surface area contributed by atoms with Gasteiger partial charge in [0.2, 0.25) is 0 Å². The van der Waals surface area contributed by atoms with Crippen molar-refractivity contribution in [2.24, 2.45) is 0 Å². The van der Waals surface area contributed by atoms with Crippen molar-refractivity contribution in [1.82, 2.24) is 9.97 Å². The first kappa shape index (κ1) is 13.5. The van der Waals surface area contributed by atoms with E-state index in [-0.39, 0.29) is 5.56 Å². The molecule has 0 aliphatic carbocycles. The number of aromatic nitrogens is 2. The third kappa shape index (κ3) is 3.08. The van der Waals surface area contributed by atoms with Crippen molar-refractivity contribution in [3.8, 4) is 0 Å². The van der Waals surface area contributed by atoms with Gasteiger partial charge in [-0.25, -0.2) is 9.78 Å². The van der Waals surface area contributed by atoms with E-state index in [0.717, 1.165) is 16.4 Å². The summed E-state index contributed by atoms with van der Waals surface area (Å²) in [5.41, 5.74) is 2.60. The third-order valence-corrected chi connectivity index (χ3v) is 3.55. The van der Waals surface area contributed by atoms with E-state index in [1.807, 2.05) is 31.2 Å². The molecule has 0 aliphatic heterocycles. The van der Waals surface area contributed by atoms with Crippen LogP contribution < -0.4 is 4.90 Å². The predicted octanol–water partition coefficient (Wildman–Crippen LogP) is 2.49. The van der Waals surface area contributed by atoms with Crippen LogP contribution in [0.3, 0.4) is 0 Å². The highest BCUT2D eigenvalue weighted by molar-refractivity contribution is 7.09. The Hall–Kier alpha value is -1.95. The van der Waals surface area contributed by atoms with Gasteiger partial charge in [0, 0.05) is 24.3 Å². The minimum absolute atomic E-state index is 0.208. The Morgan fingerprint density at radius 2 is 2.21 bits per heavy atom. The van der Waals surface area contributed by atoms with Crippen LogP contribution in [0.5, 0.6) is 0 Å². The summed E-state index contributed by atoms with van der Waals surface area (Å²) >= 11 is 1.59. The molecule has 2 aromatic heterocycles. The maximum Gasteiger partial charge on any atom is 0.339 e. The molecule has 100 valence electrons. The molecule has 0 aromatic carbocycles. The normalized spacial score (nSPS) is 10.5. The van der Waals surface area contributed by atoms with Crippen LogP contribution in [0, 0.1) is 13.8 Å². The van der Waals surface area contributed by atoms with Crippen LogP contribution in [0.15, 0.2) is 17.6 Å². The van der Waals surface area contributed by atoms with E-state index >= 15 is 0 Å². The molecule has 0 bridgehead atoms. The van der Waals surface area contributed by atoms with Gasteiger partial charge in [-0.05, 0) is 19.9 Å². The summed E-state index contributed by atoms with van der Waals surface area (Å²) in [5, 5.41) is 12.2. The number of carboxylic acid groups (broad SMARTS) is 1. The molecule has 2 rings (SSSR count). The average molecular weight is 277 g/mol. The van der Waals surface area contributed by atoms with E-state index in [1.165, 1.54) is 6.20 Å². The third-order valence-electron chi connectivity index (χ3n) is 2.73. The number of hydrogen-bond donors (Lipinski definition) is 1. The first-order valence-corrected chi connectivity index (χ1v) is 6.67. The lowest BCUT2D eigenvalue weighted by atomic mass is 10.2. The van der Waals surface area contributed by atoms with Crippen molar-refractivity contribution in [3.63, 3.8) is 0 Å². The number of rotatable bonds is 4. The number of aryl methyl sites for hydroxylation is 2. The van der Waals surface area contributed by atoms with Gasteiger partial charge < -0.3 is 10.0 Å². The first-order chi connectivity index (χ1) is 8.97. The van der Waals surface area contributed by atoms with Crippen LogP contribution in [0.4, 0.5) is 5.69 Å². The molecule has 0 saturated carbocycles. The second-order valence-corrected chi connectivity index (χ2v) is 5.42. The highest BCUT2D eigenvalue weighted by atomic mass is 32.1. The second kappa shape index (κ2) is 5.36. The molecule has 0 spiro atoms. The van der Waals surface area contributed by atoms with Crippen molar-refractivity contribution in [2.75, 3.05) is 11.9 Å². The summed E-state index contributed by atoms with van der Waals surface area (Å²) in [7, 11) is 1.86. The highest BCUT2D eigenvalue weighted by Gasteiger charge is 2.15. The predicted molar refractivity (Wildman–Crippen MR) is 74.9 cm³/mol. The van der Waals surface area contributed by atoms with Crippen molar-refractivity contribution >= 4 is 23.0 Å². The molecule has 0 aliphatic rings. The molecule has 0 saturated heterocycles. The molecule has 0 atom stereocenters. The summed E-state index contributed by atoms with van der Waals surface area (Å²) in [4.78, 5) is 21.5. The van der Waals surface area contributed by atoms with E-state index in [4.69, 9.17) is 0 Å². The first-order valence-electron chi connectivity index (χ1n) is 5.79. The fourth-order valence-electron chi connectivity index (χ4n) is 1.84. The van der Waals surface area contributed by atoms with Crippen LogP contribution in [0.1, 0.15) is 26.8 Å². The maximum absolute atomic E-state index is 11.2. The van der Waals surface area contributed by atoms with Crippen molar-refractivity contribution in [2.45, 2.75) is 20.4 Å². The van der Waals surface area contributed by atoms with Crippen LogP contribution in [-0.4, -0.2) is 28.1 Å². The molecule has 0 amide bonds. The number of carbonyl (C=O) groups is 1. The Balaban J connectivity index is 2.29. The number of carboxylic acids is 1. The lowest BCUT2D eigenvalue weighted by Crippen LogP contribution is -2.20. The number of pyridine rings is 1. The van der Waals surface area contributed by atoms with Gasteiger partial charge in [0.15, 0.2) is 0 Å². The van der Waals surface area contributed by atoms with Crippen LogP contribution >= 0.6 is 11.3 Å². The van der Waals surface area contributed by atoms with Gasteiger partial charge >= 0.3 is 5.97 Å². The minimum Gasteiger partial charge on any atom is -0.478 e. The Morgan fingerprint density at radius 3 is 2.79 bits per heavy atom. The van der Waals surface area contributed by atoms with E-state index in [2.05, 4.69) is 9.97 Å². The van der Waals surface area contributed by atoms with Gasteiger partial charge in [0.05, 0.1) is 22.9 Å². The lowest BCUT2D eigenvalue weighted by molar-refractivity contribution is 0.0697. The van der Waals surface area contributed by atoms with Gasteiger partial charge in [0.25, 0.3) is 0 Å². The maximum atomic E-state index is 11.2. The van der Waals surface area contributed by atoms with Gasteiger partial charge in [-0.3, -0.25) is 4.98 Å². The van der Waals surface area contributed by atoms with Gasteiger partial charge in [-0.15, -0.1) is 11.3 Å². The molecule has 0 unspecified atom stereocenters. The standard InChI is InChI=1S/C13H15N3O2S/c1-8-4-12(11(5-14-8)13(17)18)16(3)6-10-7-19-9(2)15-10/h4-5,7H,6H2,1-3H3,(H,17,18). The molecule has 5 nitrogen and oxygen atoms in total. The van der Waals surface area contributed by atoms with Crippen LogP contribution in [-0.2, 0) is 6.54 Å². The minimum atomic E-state index is -0.969. The monoisotopic (exact) mass is 277 g/mol. The van der Waals surface area contributed by atoms with Gasteiger partial charge in [0.1, 0.15) is 5.56 Å². The number of nitrogens with zero attached hydrogens (tertiary/aromatic N) is 3. The van der Waals surface area contributed by atoms with Gasteiger partial charge in [-0.2, -0.15) is 0 Å². The zero-order valence-corrected chi connectivity index (χ0v) is 11.9. The zero-order valence-electron chi connectivity index (χ0n) is 11.0. The molecule has 2 aromatic rings. The molecule has 1 N–H and O–H groups in total. The van der Waals surface area contributed by atoms with E-state index in [9.17, 15) is 9.90 Å². The molecule has 0 radical (unpaired) electrons. The SMILES string of the molecule is Cc1cc(N(C)Cc2csc(C)n2)c(C(=O)O)cn1. The van der Waals surface area contributed by atoms with Crippen molar-refractivity contribution in [3.05, 3.63) is 39.6 Å². The number of thiazole rings is 1. The van der Waals surface area contributed by atoms with Gasteiger partial charge in [-0.1, -0.05) is 0 Å². The van der Waals surface area contributed by atoms with Crippen molar-refractivity contribution < 1.29 is 9.90 Å². The average Bonchev–Trinajstić information content (AvgIpc) is 2.74. The Kier molecular flexibility index (Phi) is 3.80. The van der Waals surface area contributed by atoms with Crippen molar-refractivity contribution in [1.29, 1.82) is 0 Å². The van der Waals surface area contributed by atoms with E-state index < -0.39 is 5.97 Å². The van der Waals surface area contributed by atoms with Crippen LogP contribution in [0.25, 0.3) is 0 Å². The Bertz CT molecular complexity index is 610. The second-order valence-electron chi connectivity index (χ2n) is 4.36. The Labute approximate surface area is 115 Å². The van der Waals surface area contributed by atoms with E-state index in [1.54, 1.807) is 17.4 Å².